The van der Waals surface area contributed by atoms with Gasteiger partial charge >= 0.3 is 0 Å². The Morgan fingerprint density at radius 3 is 2.35 bits per heavy atom. The van der Waals surface area contributed by atoms with E-state index in [0.29, 0.717) is 12.2 Å². The van der Waals surface area contributed by atoms with Crippen molar-refractivity contribution in [2.75, 3.05) is 6.54 Å². The Balaban J connectivity index is 1.69. The van der Waals surface area contributed by atoms with Crippen LogP contribution in [-0.2, 0) is 11.2 Å². The van der Waals surface area contributed by atoms with Crippen molar-refractivity contribution in [2.24, 2.45) is 0 Å². The van der Waals surface area contributed by atoms with E-state index in [0.717, 1.165) is 17.5 Å². The lowest BCUT2D eigenvalue weighted by molar-refractivity contribution is -0.124. The molecule has 1 heterocycles. The zero-order valence-corrected chi connectivity index (χ0v) is 14.6. The van der Waals surface area contributed by atoms with Crippen LogP contribution in [0, 0.1) is 0 Å². The average molecular weight is 347 g/mol. The Labute approximate surface area is 152 Å². The molecule has 2 aromatic carbocycles. The van der Waals surface area contributed by atoms with Gasteiger partial charge in [0.05, 0.1) is 5.69 Å². The van der Waals surface area contributed by atoms with Crippen molar-refractivity contribution in [1.29, 1.82) is 0 Å². The summed E-state index contributed by atoms with van der Waals surface area (Å²) in [6, 6.07) is 22.0. The highest BCUT2D eigenvalue weighted by Gasteiger charge is 2.17. The summed E-state index contributed by atoms with van der Waals surface area (Å²) >= 11 is 0. The highest BCUT2D eigenvalue weighted by Crippen LogP contribution is 2.15. The molecule has 0 spiro atoms. The largest absolute Gasteiger partial charge is 0.354 e. The second-order valence-electron chi connectivity index (χ2n) is 6.07. The zero-order valence-electron chi connectivity index (χ0n) is 14.6. The van der Waals surface area contributed by atoms with E-state index in [-0.39, 0.29) is 11.5 Å². The maximum absolute atomic E-state index is 12.4. The van der Waals surface area contributed by atoms with E-state index in [9.17, 15) is 9.59 Å². The number of aromatic nitrogens is 2. The van der Waals surface area contributed by atoms with Crippen LogP contribution in [0.4, 0.5) is 0 Å². The number of benzene rings is 2. The smallest absolute Gasteiger partial charge is 0.267 e. The molecule has 1 aromatic heterocycles. The fourth-order valence-electron chi connectivity index (χ4n) is 2.70. The van der Waals surface area contributed by atoms with Crippen molar-refractivity contribution in [2.45, 2.75) is 19.4 Å². The van der Waals surface area contributed by atoms with Gasteiger partial charge in [-0.1, -0.05) is 60.7 Å². The molecule has 1 amide bonds. The Kier molecular flexibility index (Phi) is 5.59. The summed E-state index contributed by atoms with van der Waals surface area (Å²) in [6.45, 7) is 2.20. The fraction of sp³-hybridized carbons (Fsp3) is 0.190. The van der Waals surface area contributed by atoms with E-state index in [1.54, 1.807) is 13.0 Å². The van der Waals surface area contributed by atoms with Gasteiger partial charge in [-0.2, -0.15) is 5.10 Å². The number of hydrogen-bond acceptors (Lipinski definition) is 3. The summed E-state index contributed by atoms with van der Waals surface area (Å²) in [7, 11) is 0. The third-order valence-electron chi connectivity index (χ3n) is 4.20. The lowest BCUT2D eigenvalue weighted by Crippen LogP contribution is -2.37. The van der Waals surface area contributed by atoms with Gasteiger partial charge in [-0.3, -0.25) is 9.59 Å². The van der Waals surface area contributed by atoms with Crippen LogP contribution in [0.5, 0.6) is 0 Å². The molecule has 0 aliphatic heterocycles. The molecule has 0 radical (unpaired) electrons. The first-order valence-electron chi connectivity index (χ1n) is 8.62. The molecule has 1 N–H and O–H groups in total. The summed E-state index contributed by atoms with van der Waals surface area (Å²) in [5.74, 6) is -0.222. The number of hydrogen-bond donors (Lipinski definition) is 1. The standard InChI is InChI=1S/C21H21N3O2/c1-16(21(26)22-15-14-17-8-4-2-5-9-17)24-20(25)13-12-19(23-24)18-10-6-3-7-11-18/h2-13,16H,14-15H2,1H3,(H,22,26). The zero-order chi connectivity index (χ0) is 18.4. The number of nitrogens with zero attached hydrogens (tertiary/aromatic N) is 2. The van der Waals surface area contributed by atoms with Crippen LogP contribution in [0.25, 0.3) is 11.3 Å². The van der Waals surface area contributed by atoms with Crippen molar-refractivity contribution in [3.63, 3.8) is 0 Å². The minimum absolute atomic E-state index is 0.222. The van der Waals surface area contributed by atoms with Gasteiger partial charge in [0.2, 0.25) is 5.91 Å². The molecule has 1 atom stereocenters. The van der Waals surface area contributed by atoms with E-state index in [1.807, 2.05) is 60.7 Å². The molecule has 5 nitrogen and oxygen atoms in total. The summed E-state index contributed by atoms with van der Waals surface area (Å²) in [5, 5.41) is 7.25. The van der Waals surface area contributed by atoms with Gasteiger partial charge in [-0.05, 0) is 25.0 Å². The first kappa shape index (κ1) is 17.6. The van der Waals surface area contributed by atoms with E-state index in [2.05, 4.69) is 10.4 Å². The third-order valence-corrected chi connectivity index (χ3v) is 4.20. The number of nitrogens with one attached hydrogen (secondary N) is 1. The molecule has 0 saturated heterocycles. The summed E-state index contributed by atoms with van der Waals surface area (Å²) in [6.07, 6.45) is 0.742. The van der Waals surface area contributed by atoms with Crippen LogP contribution >= 0.6 is 0 Å². The van der Waals surface area contributed by atoms with E-state index in [1.165, 1.54) is 10.7 Å². The molecule has 3 aromatic rings. The van der Waals surface area contributed by atoms with Crippen molar-refractivity contribution < 1.29 is 4.79 Å². The Hall–Kier alpha value is -3.21. The predicted molar refractivity (Wildman–Crippen MR) is 102 cm³/mol. The lowest BCUT2D eigenvalue weighted by Gasteiger charge is -2.15. The minimum atomic E-state index is -0.679. The first-order chi connectivity index (χ1) is 12.6. The van der Waals surface area contributed by atoms with Crippen LogP contribution in [0.15, 0.2) is 77.6 Å². The van der Waals surface area contributed by atoms with Crippen molar-refractivity contribution >= 4 is 5.91 Å². The molecule has 0 aliphatic rings. The van der Waals surface area contributed by atoms with Crippen molar-refractivity contribution in [3.05, 3.63) is 88.7 Å². The molecular formula is C21H21N3O2. The van der Waals surface area contributed by atoms with Crippen LogP contribution in [-0.4, -0.2) is 22.2 Å². The van der Waals surface area contributed by atoms with Crippen LogP contribution in [0.2, 0.25) is 0 Å². The molecule has 1 unspecified atom stereocenters. The SMILES string of the molecule is CC(C(=O)NCCc1ccccc1)n1nc(-c2ccccc2)ccc1=O. The van der Waals surface area contributed by atoms with Crippen LogP contribution in [0.3, 0.4) is 0 Å². The topological polar surface area (TPSA) is 64.0 Å². The molecule has 0 bridgehead atoms. The van der Waals surface area contributed by atoms with Gasteiger partial charge < -0.3 is 5.32 Å². The lowest BCUT2D eigenvalue weighted by atomic mass is 10.1. The van der Waals surface area contributed by atoms with Gasteiger partial charge in [0.25, 0.3) is 5.56 Å². The number of carbonyl (C=O) groups excluding carboxylic acids is 1. The van der Waals surface area contributed by atoms with Crippen LogP contribution in [0.1, 0.15) is 18.5 Å². The number of carbonyl (C=O) groups is 1. The van der Waals surface area contributed by atoms with Gasteiger partial charge in [0.15, 0.2) is 0 Å². The molecule has 0 aliphatic carbocycles. The highest BCUT2D eigenvalue weighted by atomic mass is 16.2. The van der Waals surface area contributed by atoms with E-state index < -0.39 is 6.04 Å². The Morgan fingerprint density at radius 1 is 1.00 bits per heavy atom. The second-order valence-corrected chi connectivity index (χ2v) is 6.07. The van der Waals surface area contributed by atoms with E-state index >= 15 is 0 Å². The monoisotopic (exact) mass is 347 g/mol. The molecule has 26 heavy (non-hydrogen) atoms. The first-order valence-corrected chi connectivity index (χ1v) is 8.62. The number of rotatable bonds is 6. The molecule has 5 heteroatoms. The normalized spacial score (nSPS) is 11.7. The number of amides is 1. The summed E-state index contributed by atoms with van der Waals surface area (Å²) in [4.78, 5) is 24.6. The average Bonchev–Trinajstić information content (AvgIpc) is 2.69. The molecular weight excluding hydrogens is 326 g/mol. The highest BCUT2D eigenvalue weighted by molar-refractivity contribution is 5.79. The van der Waals surface area contributed by atoms with Crippen LogP contribution < -0.4 is 10.9 Å². The van der Waals surface area contributed by atoms with Gasteiger partial charge in [0.1, 0.15) is 6.04 Å². The molecule has 3 rings (SSSR count). The van der Waals surface area contributed by atoms with E-state index in [4.69, 9.17) is 0 Å². The summed E-state index contributed by atoms with van der Waals surface area (Å²) < 4.78 is 1.24. The van der Waals surface area contributed by atoms with Gasteiger partial charge in [-0.15, -0.1) is 0 Å². The minimum Gasteiger partial charge on any atom is -0.354 e. The Bertz CT molecular complexity index is 921. The molecule has 132 valence electrons. The summed E-state index contributed by atoms with van der Waals surface area (Å²) in [5.41, 5.74) is 2.42. The third kappa shape index (κ3) is 4.25. The maximum Gasteiger partial charge on any atom is 0.267 e. The second kappa shape index (κ2) is 8.25. The quantitative estimate of drug-likeness (QED) is 0.746. The Morgan fingerprint density at radius 2 is 1.65 bits per heavy atom. The van der Waals surface area contributed by atoms with Gasteiger partial charge in [-0.25, -0.2) is 4.68 Å². The maximum atomic E-state index is 12.4. The van der Waals surface area contributed by atoms with Gasteiger partial charge in [0, 0.05) is 18.2 Å². The molecule has 0 saturated carbocycles. The predicted octanol–water partition coefficient (Wildman–Crippen LogP) is 2.83. The van der Waals surface area contributed by atoms with Crippen molar-refractivity contribution in [3.8, 4) is 11.3 Å². The molecule has 0 fully saturated rings. The van der Waals surface area contributed by atoms with Crippen molar-refractivity contribution in [1.82, 2.24) is 15.1 Å². The fourth-order valence-corrected chi connectivity index (χ4v) is 2.70.